The van der Waals surface area contributed by atoms with Crippen LogP contribution in [0.1, 0.15) is 52.4 Å². The fourth-order valence-corrected chi connectivity index (χ4v) is 3.76. The van der Waals surface area contributed by atoms with Gasteiger partial charge in [-0.1, -0.05) is 33.1 Å². The van der Waals surface area contributed by atoms with Crippen LogP contribution in [0.3, 0.4) is 0 Å². The zero-order valence-corrected chi connectivity index (χ0v) is 17.1. The first kappa shape index (κ1) is 23.3. The molecule has 0 radical (unpaired) electrons. The standard InChI is InChI=1S/C19H30F2N2O3S/c1-4-6-8-15(5-2)14-22-19(24)9-7-12-23(27(3,25)26)16-10-11-17(20)18(21)13-16/h10-11,13,15H,4-9,12,14H2,1-3H3,(H,22,24). The fraction of sp³-hybridized carbons (Fsp3) is 0.632. The highest BCUT2D eigenvalue weighted by molar-refractivity contribution is 7.92. The second kappa shape index (κ2) is 11.2. The molecular formula is C19H30F2N2O3S. The van der Waals surface area contributed by atoms with E-state index in [1.165, 1.54) is 6.07 Å². The minimum Gasteiger partial charge on any atom is -0.356 e. The molecule has 0 aliphatic carbocycles. The molecule has 1 rings (SSSR count). The van der Waals surface area contributed by atoms with Crippen molar-refractivity contribution in [2.24, 2.45) is 5.92 Å². The molecule has 27 heavy (non-hydrogen) atoms. The lowest BCUT2D eigenvalue weighted by molar-refractivity contribution is -0.121. The molecule has 1 N–H and O–H groups in total. The molecule has 0 saturated heterocycles. The number of rotatable bonds is 12. The Balaban J connectivity index is 2.57. The highest BCUT2D eigenvalue weighted by atomic mass is 32.2. The first-order valence-corrected chi connectivity index (χ1v) is 11.2. The van der Waals surface area contributed by atoms with Crippen molar-refractivity contribution in [1.29, 1.82) is 0 Å². The number of nitrogens with zero attached hydrogens (tertiary/aromatic N) is 1. The monoisotopic (exact) mass is 404 g/mol. The summed E-state index contributed by atoms with van der Waals surface area (Å²) in [4.78, 5) is 12.0. The van der Waals surface area contributed by atoms with Crippen LogP contribution >= 0.6 is 0 Å². The van der Waals surface area contributed by atoms with Crippen molar-refractivity contribution < 1.29 is 22.0 Å². The number of nitrogens with one attached hydrogen (secondary N) is 1. The van der Waals surface area contributed by atoms with Crippen LogP contribution in [0.15, 0.2) is 18.2 Å². The van der Waals surface area contributed by atoms with Gasteiger partial charge in [-0.3, -0.25) is 9.10 Å². The maximum atomic E-state index is 13.4. The topological polar surface area (TPSA) is 66.5 Å². The Kier molecular flexibility index (Phi) is 9.69. The molecule has 0 heterocycles. The second-order valence-electron chi connectivity index (χ2n) is 6.76. The van der Waals surface area contributed by atoms with Crippen LogP contribution in [0.2, 0.25) is 0 Å². The van der Waals surface area contributed by atoms with Crippen molar-refractivity contribution >= 4 is 21.6 Å². The number of amides is 1. The SMILES string of the molecule is CCCCC(CC)CNC(=O)CCCN(c1ccc(F)c(F)c1)S(C)(=O)=O. The molecule has 8 heteroatoms. The summed E-state index contributed by atoms with van der Waals surface area (Å²) in [5.41, 5.74) is 0.0439. The molecule has 1 aromatic carbocycles. The molecule has 1 aromatic rings. The summed E-state index contributed by atoms with van der Waals surface area (Å²) < 4.78 is 51.4. The first-order chi connectivity index (χ1) is 12.7. The van der Waals surface area contributed by atoms with Gasteiger partial charge in [-0.05, 0) is 30.9 Å². The molecule has 154 valence electrons. The maximum absolute atomic E-state index is 13.4. The van der Waals surface area contributed by atoms with Gasteiger partial charge in [0, 0.05) is 25.6 Å². The molecule has 1 amide bonds. The zero-order valence-electron chi connectivity index (χ0n) is 16.3. The van der Waals surface area contributed by atoms with Crippen LogP contribution in [-0.2, 0) is 14.8 Å². The predicted octanol–water partition coefficient (Wildman–Crippen LogP) is 3.84. The van der Waals surface area contributed by atoms with E-state index < -0.39 is 21.7 Å². The Morgan fingerprint density at radius 1 is 1.19 bits per heavy atom. The number of anilines is 1. The smallest absolute Gasteiger partial charge is 0.232 e. The van der Waals surface area contributed by atoms with Crippen molar-refractivity contribution in [2.45, 2.75) is 52.4 Å². The van der Waals surface area contributed by atoms with Crippen LogP contribution in [0.25, 0.3) is 0 Å². The van der Waals surface area contributed by atoms with Gasteiger partial charge in [0.15, 0.2) is 11.6 Å². The molecule has 5 nitrogen and oxygen atoms in total. The van der Waals surface area contributed by atoms with Gasteiger partial charge in [0.25, 0.3) is 0 Å². The van der Waals surface area contributed by atoms with Crippen LogP contribution in [0.5, 0.6) is 0 Å². The van der Waals surface area contributed by atoms with E-state index in [9.17, 15) is 22.0 Å². The van der Waals surface area contributed by atoms with E-state index in [4.69, 9.17) is 0 Å². The number of unbranched alkanes of at least 4 members (excludes halogenated alkanes) is 1. The second-order valence-corrected chi connectivity index (χ2v) is 8.66. The highest BCUT2D eigenvalue weighted by Crippen LogP contribution is 2.21. The van der Waals surface area contributed by atoms with Crippen LogP contribution in [0.4, 0.5) is 14.5 Å². The van der Waals surface area contributed by atoms with E-state index in [1.807, 2.05) is 0 Å². The minimum atomic E-state index is -3.67. The third kappa shape index (κ3) is 8.24. The summed E-state index contributed by atoms with van der Waals surface area (Å²) in [6, 6.07) is 2.94. The number of halogens is 2. The molecule has 0 saturated carbocycles. The zero-order chi connectivity index (χ0) is 20.4. The average molecular weight is 405 g/mol. The third-order valence-corrected chi connectivity index (χ3v) is 5.68. The van der Waals surface area contributed by atoms with Gasteiger partial charge in [-0.25, -0.2) is 17.2 Å². The van der Waals surface area contributed by atoms with E-state index in [0.29, 0.717) is 12.5 Å². The molecule has 0 bridgehead atoms. The summed E-state index contributed by atoms with van der Waals surface area (Å²) in [5, 5.41) is 2.89. The van der Waals surface area contributed by atoms with Crippen molar-refractivity contribution in [3.8, 4) is 0 Å². The van der Waals surface area contributed by atoms with Gasteiger partial charge in [0.05, 0.1) is 11.9 Å². The molecule has 0 aromatic heterocycles. The summed E-state index contributed by atoms with van der Waals surface area (Å²) in [7, 11) is -3.67. The Bertz CT molecular complexity index is 711. The van der Waals surface area contributed by atoms with E-state index in [0.717, 1.165) is 48.4 Å². The first-order valence-electron chi connectivity index (χ1n) is 9.38. The quantitative estimate of drug-likeness (QED) is 0.576. The molecule has 0 aliphatic rings. The van der Waals surface area contributed by atoms with Crippen molar-refractivity contribution in [3.05, 3.63) is 29.8 Å². The number of carbonyl (C=O) groups is 1. The van der Waals surface area contributed by atoms with Crippen molar-refractivity contribution in [3.63, 3.8) is 0 Å². The molecule has 1 atom stereocenters. The van der Waals surface area contributed by atoms with Crippen LogP contribution in [-0.4, -0.2) is 33.7 Å². The third-order valence-electron chi connectivity index (χ3n) is 4.49. The van der Waals surface area contributed by atoms with Crippen molar-refractivity contribution in [2.75, 3.05) is 23.7 Å². The lowest BCUT2D eigenvalue weighted by atomic mass is 9.99. The lowest BCUT2D eigenvalue weighted by Gasteiger charge is -2.22. The summed E-state index contributed by atoms with van der Waals surface area (Å²) in [6.45, 7) is 4.86. The van der Waals surface area contributed by atoms with Crippen LogP contribution in [0, 0.1) is 17.6 Å². The number of benzene rings is 1. The van der Waals surface area contributed by atoms with Gasteiger partial charge in [0.2, 0.25) is 15.9 Å². The largest absolute Gasteiger partial charge is 0.356 e. The van der Waals surface area contributed by atoms with E-state index in [1.54, 1.807) is 0 Å². The normalized spacial score (nSPS) is 12.6. The molecule has 0 aliphatic heterocycles. The van der Waals surface area contributed by atoms with Crippen LogP contribution < -0.4 is 9.62 Å². The minimum absolute atomic E-state index is 0.0182. The van der Waals surface area contributed by atoms with E-state index in [-0.39, 0.29) is 31.0 Å². The average Bonchev–Trinajstić information content (AvgIpc) is 2.60. The molecule has 1 unspecified atom stereocenters. The highest BCUT2D eigenvalue weighted by Gasteiger charge is 2.19. The Morgan fingerprint density at radius 2 is 1.89 bits per heavy atom. The fourth-order valence-electron chi connectivity index (χ4n) is 2.80. The van der Waals surface area contributed by atoms with Crippen molar-refractivity contribution in [1.82, 2.24) is 5.32 Å². The summed E-state index contributed by atoms with van der Waals surface area (Å²) >= 11 is 0. The van der Waals surface area contributed by atoms with Gasteiger partial charge in [-0.2, -0.15) is 0 Å². The predicted molar refractivity (Wildman–Crippen MR) is 104 cm³/mol. The summed E-state index contributed by atoms with van der Waals surface area (Å²) in [5.74, 6) is -1.84. The van der Waals surface area contributed by atoms with Gasteiger partial charge < -0.3 is 5.32 Å². The van der Waals surface area contributed by atoms with E-state index >= 15 is 0 Å². The van der Waals surface area contributed by atoms with Gasteiger partial charge >= 0.3 is 0 Å². The number of hydrogen-bond donors (Lipinski definition) is 1. The lowest BCUT2D eigenvalue weighted by Crippen LogP contribution is -2.33. The van der Waals surface area contributed by atoms with Gasteiger partial charge in [-0.15, -0.1) is 0 Å². The molecule has 0 fully saturated rings. The van der Waals surface area contributed by atoms with Gasteiger partial charge in [0.1, 0.15) is 0 Å². The number of carbonyl (C=O) groups excluding carboxylic acids is 1. The Hall–Kier alpha value is -1.70. The Morgan fingerprint density at radius 3 is 2.44 bits per heavy atom. The molecule has 0 spiro atoms. The molecular weight excluding hydrogens is 374 g/mol. The van der Waals surface area contributed by atoms with E-state index in [2.05, 4.69) is 19.2 Å². The number of hydrogen-bond acceptors (Lipinski definition) is 3. The number of sulfonamides is 1. The summed E-state index contributed by atoms with van der Waals surface area (Å²) in [6.07, 6.45) is 5.77. The maximum Gasteiger partial charge on any atom is 0.232 e. The Labute approximate surface area is 161 Å².